The number of aliphatic hydroxyl groups excluding tert-OH is 1. The van der Waals surface area contributed by atoms with E-state index in [4.69, 9.17) is 9.47 Å². The number of carbonyl (C=O) groups excluding carboxylic acids is 2. The SMILES string of the molecule is CCCCCCCCCC(=O)OC(C)(C)CCCCCCN(CCCO)CCCCCCCC(=O)OCC(CCCCCCC)CCCCCCC. The average molecular weight is 738 g/mol. The zero-order valence-corrected chi connectivity index (χ0v) is 35.8. The molecule has 0 saturated heterocycles. The molecular weight excluding hydrogens is 647 g/mol. The van der Waals surface area contributed by atoms with Gasteiger partial charge in [0.25, 0.3) is 0 Å². The third-order valence-electron chi connectivity index (χ3n) is 10.8. The smallest absolute Gasteiger partial charge is 0.306 e. The van der Waals surface area contributed by atoms with E-state index in [2.05, 4.69) is 39.5 Å². The van der Waals surface area contributed by atoms with Crippen LogP contribution in [0.4, 0.5) is 0 Å². The summed E-state index contributed by atoms with van der Waals surface area (Å²) in [5.41, 5.74) is -0.380. The fourth-order valence-electron chi connectivity index (χ4n) is 7.31. The van der Waals surface area contributed by atoms with Gasteiger partial charge in [-0.1, -0.05) is 156 Å². The van der Waals surface area contributed by atoms with Gasteiger partial charge in [-0.25, -0.2) is 0 Å². The van der Waals surface area contributed by atoms with E-state index in [1.54, 1.807) is 0 Å². The van der Waals surface area contributed by atoms with Gasteiger partial charge in [-0.05, 0) is 90.6 Å². The molecular formula is C46H91NO5. The van der Waals surface area contributed by atoms with Crippen molar-refractivity contribution in [1.82, 2.24) is 4.90 Å². The van der Waals surface area contributed by atoms with Crippen LogP contribution < -0.4 is 0 Å². The lowest BCUT2D eigenvalue weighted by Gasteiger charge is -2.25. The molecule has 0 heterocycles. The van der Waals surface area contributed by atoms with Crippen LogP contribution in [-0.2, 0) is 19.1 Å². The normalized spacial score (nSPS) is 11.9. The zero-order chi connectivity index (χ0) is 38.4. The van der Waals surface area contributed by atoms with Crippen LogP contribution in [0.25, 0.3) is 0 Å². The molecule has 0 atom stereocenters. The summed E-state index contributed by atoms with van der Waals surface area (Å²) < 4.78 is 11.6. The Bertz CT molecular complexity index is 758. The summed E-state index contributed by atoms with van der Waals surface area (Å²) in [4.78, 5) is 27.4. The lowest BCUT2D eigenvalue weighted by molar-refractivity contribution is -0.157. The van der Waals surface area contributed by atoms with Crippen LogP contribution in [0.3, 0.4) is 0 Å². The largest absolute Gasteiger partial charge is 0.465 e. The van der Waals surface area contributed by atoms with Gasteiger partial charge >= 0.3 is 11.9 Å². The number of hydrogen-bond acceptors (Lipinski definition) is 6. The summed E-state index contributed by atoms with van der Waals surface area (Å²) in [5.74, 6) is 0.501. The van der Waals surface area contributed by atoms with Gasteiger partial charge in [0.1, 0.15) is 5.60 Å². The third-order valence-corrected chi connectivity index (χ3v) is 10.8. The maximum absolute atomic E-state index is 12.5. The standard InChI is InChI=1S/C46H91NO5/c1-6-9-12-15-16-20-28-36-45(50)52-46(4,5)37-29-22-24-31-39-47(40-32-41-48)38-30-23-17-21-27-35-44(49)51-42-43(33-25-18-13-10-7-2)34-26-19-14-11-8-3/h43,48H,6-42H2,1-5H3. The first kappa shape index (κ1) is 50.9. The highest BCUT2D eigenvalue weighted by Gasteiger charge is 2.22. The summed E-state index contributed by atoms with van der Waals surface area (Å²) in [7, 11) is 0. The van der Waals surface area contributed by atoms with Crippen LogP contribution in [0, 0.1) is 5.92 Å². The highest BCUT2D eigenvalue weighted by molar-refractivity contribution is 5.69. The molecule has 0 radical (unpaired) electrons. The molecule has 0 bridgehead atoms. The summed E-state index contributed by atoms with van der Waals surface area (Å²) >= 11 is 0. The quantitative estimate of drug-likeness (QED) is 0.0497. The van der Waals surface area contributed by atoms with E-state index in [1.165, 1.54) is 141 Å². The van der Waals surface area contributed by atoms with Crippen LogP contribution >= 0.6 is 0 Å². The first-order valence-corrected chi connectivity index (χ1v) is 23.0. The maximum Gasteiger partial charge on any atom is 0.306 e. The summed E-state index contributed by atoms with van der Waals surface area (Å²) in [6.07, 6.45) is 37.0. The molecule has 0 rings (SSSR count). The molecule has 0 saturated carbocycles. The van der Waals surface area contributed by atoms with Crippen LogP contribution in [0.2, 0.25) is 0 Å². The van der Waals surface area contributed by atoms with Crippen LogP contribution in [0.5, 0.6) is 0 Å². The monoisotopic (exact) mass is 738 g/mol. The number of aliphatic hydroxyl groups is 1. The van der Waals surface area contributed by atoms with E-state index < -0.39 is 0 Å². The second kappa shape index (κ2) is 38.1. The van der Waals surface area contributed by atoms with E-state index in [0.717, 1.165) is 71.0 Å². The number of ether oxygens (including phenoxy) is 2. The fourth-order valence-corrected chi connectivity index (χ4v) is 7.31. The Morgan fingerprint density at radius 2 is 0.923 bits per heavy atom. The highest BCUT2D eigenvalue weighted by Crippen LogP contribution is 2.22. The summed E-state index contributed by atoms with van der Waals surface area (Å²) in [6, 6.07) is 0. The predicted octanol–water partition coefficient (Wildman–Crippen LogP) is 13.3. The van der Waals surface area contributed by atoms with Gasteiger partial charge in [-0.3, -0.25) is 9.59 Å². The van der Waals surface area contributed by atoms with Gasteiger partial charge in [0.15, 0.2) is 0 Å². The Hall–Kier alpha value is -1.14. The molecule has 0 aromatic heterocycles. The van der Waals surface area contributed by atoms with Crippen LogP contribution in [-0.4, -0.2) is 60.4 Å². The molecule has 0 amide bonds. The van der Waals surface area contributed by atoms with E-state index in [0.29, 0.717) is 25.4 Å². The highest BCUT2D eigenvalue weighted by atomic mass is 16.6. The average Bonchev–Trinajstić information content (AvgIpc) is 3.12. The first-order chi connectivity index (χ1) is 25.3. The Labute approximate surface area is 324 Å². The molecule has 0 aromatic carbocycles. The minimum Gasteiger partial charge on any atom is -0.465 e. The van der Waals surface area contributed by atoms with E-state index in [1.807, 2.05) is 0 Å². The number of unbranched alkanes of at least 4 members (excludes halogenated alkanes) is 21. The van der Waals surface area contributed by atoms with Gasteiger partial charge in [0.2, 0.25) is 0 Å². The number of hydrogen-bond donors (Lipinski definition) is 1. The van der Waals surface area contributed by atoms with Crippen molar-refractivity contribution in [1.29, 1.82) is 0 Å². The van der Waals surface area contributed by atoms with Gasteiger partial charge in [0.05, 0.1) is 6.61 Å². The molecule has 310 valence electrons. The van der Waals surface area contributed by atoms with Crippen molar-refractivity contribution >= 4 is 11.9 Å². The minimum absolute atomic E-state index is 0.000486. The molecule has 1 N–H and O–H groups in total. The van der Waals surface area contributed by atoms with Gasteiger partial charge in [-0.2, -0.15) is 0 Å². The molecule has 0 fully saturated rings. The summed E-state index contributed by atoms with van der Waals surface area (Å²) in [5, 5.41) is 9.41. The molecule has 6 nitrogen and oxygen atoms in total. The number of esters is 2. The second-order valence-corrected chi connectivity index (χ2v) is 16.7. The lowest BCUT2D eigenvalue weighted by Crippen LogP contribution is -2.28. The fraction of sp³-hybridized carbons (Fsp3) is 0.957. The van der Waals surface area contributed by atoms with Crippen molar-refractivity contribution in [3.8, 4) is 0 Å². The van der Waals surface area contributed by atoms with Crippen molar-refractivity contribution in [2.24, 2.45) is 5.92 Å². The molecule has 0 aromatic rings. The van der Waals surface area contributed by atoms with Crippen molar-refractivity contribution in [2.45, 2.75) is 246 Å². The molecule has 52 heavy (non-hydrogen) atoms. The number of carbonyl (C=O) groups is 2. The molecule has 0 aliphatic carbocycles. The van der Waals surface area contributed by atoms with Gasteiger partial charge in [-0.15, -0.1) is 0 Å². The number of rotatable bonds is 41. The second-order valence-electron chi connectivity index (χ2n) is 16.7. The molecule has 0 unspecified atom stereocenters. The minimum atomic E-state index is -0.380. The number of nitrogens with zero attached hydrogens (tertiary/aromatic N) is 1. The Balaban J connectivity index is 4.10. The van der Waals surface area contributed by atoms with Crippen molar-refractivity contribution < 1.29 is 24.2 Å². The van der Waals surface area contributed by atoms with E-state index in [9.17, 15) is 14.7 Å². The Morgan fingerprint density at radius 1 is 0.519 bits per heavy atom. The Kier molecular flexibility index (Phi) is 37.3. The van der Waals surface area contributed by atoms with Crippen molar-refractivity contribution in [3.05, 3.63) is 0 Å². The Morgan fingerprint density at radius 3 is 1.42 bits per heavy atom. The van der Waals surface area contributed by atoms with E-state index in [-0.39, 0.29) is 24.1 Å². The summed E-state index contributed by atoms with van der Waals surface area (Å²) in [6.45, 7) is 14.9. The van der Waals surface area contributed by atoms with Crippen molar-refractivity contribution in [2.75, 3.05) is 32.8 Å². The van der Waals surface area contributed by atoms with Crippen molar-refractivity contribution in [3.63, 3.8) is 0 Å². The molecule has 6 heteroatoms. The van der Waals surface area contributed by atoms with E-state index >= 15 is 0 Å². The maximum atomic E-state index is 12.5. The third kappa shape index (κ3) is 35.9. The van der Waals surface area contributed by atoms with Gasteiger partial charge < -0.3 is 19.5 Å². The van der Waals surface area contributed by atoms with Crippen LogP contribution in [0.15, 0.2) is 0 Å². The predicted molar refractivity (Wildman–Crippen MR) is 223 cm³/mol. The van der Waals surface area contributed by atoms with Crippen LogP contribution in [0.1, 0.15) is 240 Å². The first-order valence-electron chi connectivity index (χ1n) is 23.0. The molecule has 0 aliphatic heterocycles. The van der Waals surface area contributed by atoms with Gasteiger partial charge in [0, 0.05) is 26.0 Å². The lowest BCUT2D eigenvalue weighted by atomic mass is 9.95. The zero-order valence-electron chi connectivity index (χ0n) is 35.8. The molecule has 0 spiro atoms. The topological polar surface area (TPSA) is 76.1 Å². The molecule has 0 aliphatic rings.